The topological polar surface area (TPSA) is 39.1 Å². The van der Waals surface area contributed by atoms with E-state index in [1.807, 2.05) is 25.2 Å². The number of hydrogen-bond acceptors (Lipinski definition) is 3. The van der Waals surface area contributed by atoms with E-state index in [1.165, 1.54) is 0 Å². The Morgan fingerprint density at radius 2 is 2.28 bits per heavy atom. The third-order valence-corrected chi connectivity index (χ3v) is 2.78. The fourth-order valence-corrected chi connectivity index (χ4v) is 1.83. The van der Waals surface area contributed by atoms with Crippen molar-refractivity contribution in [1.29, 1.82) is 0 Å². The van der Waals surface area contributed by atoms with Gasteiger partial charge in [-0.3, -0.25) is 4.68 Å². The Hall–Kier alpha value is -1.52. The first-order valence-electron chi connectivity index (χ1n) is 5.84. The SMILES string of the molecule is CCNCc1ccc(Oc2cnn(C)c2)c(Cl)c1. The molecule has 0 spiro atoms. The Labute approximate surface area is 112 Å². The zero-order valence-corrected chi connectivity index (χ0v) is 11.2. The number of nitrogens with one attached hydrogen (secondary N) is 1. The molecule has 0 fully saturated rings. The van der Waals surface area contributed by atoms with Crippen LogP contribution >= 0.6 is 11.6 Å². The molecule has 0 atom stereocenters. The number of aromatic nitrogens is 2. The Morgan fingerprint density at radius 1 is 1.44 bits per heavy atom. The summed E-state index contributed by atoms with van der Waals surface area (Å²) in [6.07, 6.45) is 3.45. The summed E-state index contributed by atoms with van der Waals surface area (Å²) in [5.74, 6) is 1.32. The van der Waals surface area contributed by atoms with Crippen molar-refractivity contribution in [1.82, 2.24) is 15.1 Å². The largest absolute Gasteiger partial charge is 0.452 e. The Morgan fingerprint density at radius 3 is 2.89 bits per heavy atom. The molecule has 4 nitrogen and oxygen atoms in total. The zero-order valence-electron chi connectivity index (χ0n) is 10.5. The highest BCUT2D eigenvalue weighted by Crippen LogP contribution is 2.29. The summed E-state index contributed by atoms with van der Waals surface area (Å²) in [4.78, 5) is 0. The van der Waals surface area contributed by atoms with E-state index in [0.717, 1.165) is 18.7 Å². The molecule has 0 radical (unpaired) electrons. The minimum atomic E-state index is 0.606. The molecule has 1 aromatic carbocycles. The van der Waals surface area contributed by atoms with Crippen molar-refractivity contribution in [3.8, 4) is 11.5 Å². The van der Waals surface area contributed by atoms with E-state index in [1.54, 1.807) is 17.1 Å². The Balaban J connectivity index is 2.09. The number of halogens is 1. The highest BCUT2D eigenvalue weighted by molar-refractivity contribution is 6.32. The zero-order chi connectivity index (χ0) is 13.0. The second-order valence-corrected chi connectivity index (χ2v) is 4.40. The van der Waals surface area contributed by atoms with E-state index in [-0.39, 0.29) is 0 Å². The van der Waals surface area contributed by atoms with Crippen LogP contribution in [0.25, 0.3) is 0 Å². The molecule has 1 heterocycles. The summed E-state index contributed by atoms with van der Waals surface area (Å²) in [7, 11) is 1.84. The summed E-state index contributed by atoms with van der Waals surface area (Å²) >= 11 is 6.19. The van der Waals surface area contributed by atoms with Gasteiger partial charge in [0.2, 0.25) is 0 Å². The number of aryl methyl sites for hydroxylation is 1. The number of nitrogens with zero attached hydrogens (tertiary/aromatic N) is 2. The van der Waals surface area contributed by atoms with E-state index in [2.05, 4.69) is 17.3 Å². The van der Waals surface area contributed by atoms with Crippen LogP contribution in [0.2, 0.25) is 5.02 Å². The van der Waals surface area contributed by atoms with Gasteiger partial charge in [0.1, 0.15) is 5.75 Å². The fraction of sp³-hybridized carbons (Fsp3) is 0.308. The number of ether oxygens (including phenoxy) is 1. The quantitative estimate of drug-likeness (QED) is 0.903. The highest BCUT2D eigenvalue weighted by atomic mass is 35.5. The van der Waals surface area contributed by atoms with Crippen molar-refractivity contribution < 1.29 is 4.74 Å². The van der Waals surface area contributed by atoms with Crippen molar-refractivity contribution in [2.75, 3.05) is 6.54 Å². The molecule has 96 valence electrons. The molecule has 0 aliphatic carbocycles. The van der Waals surface area contributed by atoms with E-state index in [0.29, 0.717) is 16.5 Å². The molecular formula is C13H16ClN3O. The maximum absolute atomic E-state index is 6.19. The van der Waals surface area contributed by atoms with Crippen LogP contribution in [0.5, 0.6) is 11.5 Å². The fourth-order valence-electron chi connectivity index (χ4n) is 1.58. The van der Waals surface area contributed by atoms with Crippen molar-refractivity contribution in [2.24, 2.45) is 7.05 Å². The van der Waals surface area contributed by atoms with E-state index >= 15 is 0 Å². The molecule has 0 bridgehead atoms. The van der Waals surface area contributed by atoms with Crippen LogP contribution in [0.1, 0.15) is 12.5 Å². The molecule has 1 N–H and O–H groups in total. The Bertz CT molecular complexity index is 525. The van der Waals surface area contributed by atoms with Crippen LogP contribution in [0.4, 0.5) is 0 Å². The molecular weight excluding hydrogens is 250 g/mol. The second kappa shape index (κ2) is 5.89. The Kier molecular flexibility index (Phi) is 4.23. The lowest BCUT2D eigenvalue weighted by Crippen LogP contribution is -2.11. The van der Waals surface area contributed by atoms with Crippen molar-refractivity contribution in [2.45, 2.75) is 13.5 Å². The lowest BCUT2D eigenvalue weighted by Gasteiger charge is -2.08. The minimum Gasteiger partial charge on any atom is -0.452 e. The number of rotatable bonds is 5. The molecule has 0 aliphatic heterocycles. The first kappa shape index (κ1) is 12.9. The minimum absolute atomic E-state index is 0.606. The van der Waals surface area contributed by atoms with Gasteiger partial charge in [0.15, 0.2) is 5.75 Å². The molecule has 1 aromatic heterocycles. The van der Waals surface area contributed by atoms with Gasteiger partial charge < -0.3 is 10.1 Å². The maximum Gasteiger partial charge on any atom is 0.165 e. The van der Waals surface area contributed by atoms with Gasteiger partial charge in [-0.25, -0.2) is 0 Å². The lowest BCUT2D eigenvalue weighted by atomic mass is 10.2. The van der Waals surface area contributed by atoms with Gasteiger partial charge in [-0.2, -0.15) is 5.10 Å². The van der Waals surface area contributed by atoms with Crippen LogP contribution in [0.3, 0.4) is 0 Å². The summed E-state index contributed by atoms with van der Waals surface area (Å²) in [5, 5.41) is 7.90. The van der Waals surface area contributed by atoms with Crippen molar-refractivity contribution in [3.05, 3.63) is 41.2 Å². The molecule has 2 aromatic rings. The molecule has 0 amide bonds. The van der Waals surface area contributed by atoms with Gasteiger partial charge >= 0.3 is 0 Å². The average Bonchev–Trinajstić information content (AvgIpc) is 2.75. The third-order valence-electron chi connectivity index (χ3n) is 2.48. The smallest absolute Gasteiger partial charge is 0.165 e. The second-order valence-electron chi connectivity index (χ2n) is 4.00. The molecule has 18 heavy (non-hydrogen) atoms. The molecule has 0 aliphatic rings. The van der Waals surface area contributed by atoms with Gasteiger partial charge in [0.05, 0.1) is 17.4 Å². The van der Waals surface area contributed by atoms with Gasteiger partial charge in [-0.1, -0.05) is 24.6 Å². The van der Waals surface area contributed by atoms with Crippen LogP contribution in [-0.4, -0.2) is 16.3 Å². The summed E-state index contributed by atoms with van der Waals surface area (Å²) < 4.78 is 7.34. The van der Waals surface area contributed by atoms with E-state index in [9.17, 15) is 0 Å². The molecule has 0 unspecified atom stereocenters. The molecule has 5 heteroatoms. The standard InChI is InChI=1S/C13H16ClN3O/c1-3-15-7-10-4-5-13(12(14)6-10)18-11-8-16-17(2)9-11/h4-6,8-9,15H,3,7H2,1-2H3. The summed E-state index contributed by atoms with van der Waals surface area (Å²) in [6.45, 7) is 3.82. The van der Waals surface area contributed by atoms with Crippen LogP contribution in [0.15, 0.2) is 30.6 Å². The van der Waals surface area contributed by atoms with Gasteiger partial charge in [0.25, 0.3) is 0 Å². The number of hydrogen-bond donors (Lipinski definition) is 1. The molecule has 0 saturated carbocycles. The van der Waals surface area contributed by atoms with Gasteiger partial charge in [-0.05, 0) is 24.2 Å². The third kappa shape index (κ3) is 3.24. The van der Waals surface area contributed by atoms with Crippen LogP contribution < -0.4 is 10.1 Å². The average molecular weight is 266 g/mol. The first-order chi connectivity index (χ1) is 8.69. The molecule has 0 saturated heterocycles. The highest BCUT2D eigenvalue weighted by Gasteiger charge is 2.05. The first-order valence-corrected chi connectivity index (χ1v) is 6.22. The van der Waals surface area contributed by atoms with Crippen molar-refractivity contribution >= 4 is 11.6 Å². The molecule has 2 rings (SSSR count). The normalized spacial score (nSPS) is 10.6. The predicted molar refractivity (Wildman–Crippen MR) is 72.1 cm³/mol. The summed E-state index contributed by atoms with van der Waals surface area (Å²) in [6, 6.07) is 5.79. The predicted octanol–water partition coefficient (Wildman–Crippen LogP) is 2.98. The van der Waals surface area contributed by atoms with Crippen LogP contribution in [0, 0.1) is 0 Å². The monoisotopic (exact) mass is 265 g/mol. The van der Waals surface area contributed by atoms with E-state index < -0.39 is 0 Å². The van der Waals surface area contributed by atoms with E-state index in [4.69, 9.17) is 16.3 Å². The maximum atomic E-state index is 6.19. The van der Waals surface area contributed by atoms with Crippen molar-refractivity contribution in [3.63, 3.8) is 0 Å². The van der Waals surface area contributed by atoms with Gasteiger partial charge in [-0.15, -0.1) is 0 Å². The number of benzene rings is 1. The van der Waals surface area contributed by atoms with Crippen LogP contribution in [-0.2, 0) is 13.6 Å². The lowest BCUT2D eigenvalue weighted by molar-refractivity contribution is 0.482. The van der Waals surface area contributed by atoms with Gasteiger partial charge in [0, 0.05) is 13.6 Å². The summed E-state index contributed by atoms with van der Waals surface area (Å²) in [5.41, 5.74) is 1.14.